The standard InChI is InChI=1S/C15H14N2O2S2/c16-9-12-1-3-14(4-2-12)21(18,19)17-11-15(6-7-15)13-5-8-20-10-13/h1-5,8,10,17H,6-7,11H2. The average molecular weight is 318 g/mol. The van der Waals surface area contributed by atoms with Gasteiger partial charge in [0.25, 0.3) is 0 Å². The fraction of sp³-hybridized carbons (Fsp3) is 0.267. The van der Waals surface area contributed by atoms with Crippen LogP contribution in [-0.4, -0.2) is 15.0 Å². The van der Waals surface area contributed by atoms with Crippen LogP contribution in [0, 0.1) is 11.3 Å². The molecule has 1 saturated carbocycles. The lowest BCUT2D eigenvalue weighted by Gasteiger charge is -2.15. The number of hydrogen-bond acceptors (Lipinski definition) is 4. The topological polar surface area (TPSA) is 70.0 Å². The van der Waals surface area contributed by atoms with Gasteiger partial charge in [-0.2, -0.15) is 16.6 Å². The average Bonchev–Trinajstić information content (AvgIpc) is 3.09. The zero-order valence-electron chi connectivity index (χ0n) is 11.2. The van der Waals surface area contributed by atoms with E-state index in [1.54, 1.807) is 11.3 Å². The van der Waals surface area contributed by atoms with Crippen LogP contribution in [-0.2, 0) is 15.4 Å². The minimum atomic E-state index is -3.53. The van der Waals surface area contributed by atoms with E-state index in [2.05, 4.69) is 16.2 Å². The van der Waals surface area contributed by atoms with E-state index < -0.39 is 10.0 Å². The van der Waals surface area contributed by atoms with Gasteiger partial charge in [0.15, 0.2) is 0 Å². The van der Waals surface area contributed by atoms with Gasteiger partial charge in [-0.05, 0) is 59.5 Å². The molecule has 4 nitrogen and oxygen atoms in total. The molecular weight excluding hydrogens is 304 g/mol. The molecule has 0 atom stereocenters. The predicted molar refractivity (Wildman–Crippen MR) is 81.6 cm³/mol. The van der Waals surface area contributed by atoms with Crippen molar-refractivity contribution in [2.75, 3.05) is 6.54 Å². The SMILES string of the molecule is N#Cc1ccc(S(=O)(=O)NCC2(c3ccsc3)CC2)cc1. The van der Waals surface area contributed by atoms with Gasteiger partial charge in [-0.25, -0.2) is 13.1 Å². The van der Waals surface area contributed by atoms with Crippen LogP contribution in [0.1, 0.15) is 24.0 Å². The monoisotopic (exact) mass is 318 g/mol. The summed E-state index contributed by atoms with van der Waals surface area (Å²) in [6.07, 6.45) is 2.03. The Balaban J connectivity index is 1.73. The Hall–Kier alpha value is -1.68. The maximum atomic E-state index is 12.3. The van der Waals surface area contributed by atoms with Gasteiger partial charge in [0.2, 0.25) is 10.0 Å². The second-order valence-electron chi connectivity index (χ2n) is 5.25. The van der Waals surface area contributed by atoms with E-state index in [4.69, 9.17) is 5.26 Å². The lowest BCUT2D eigenvalue weighted by Crippen LogP contribution is -2.32. The van der Waals surface area contributed by atoms with Crippen molar-refractivity contribution >= 4 is 21.4 Å². The quantitative estimate of drug-likeness (QED) is 0.921. The Kier molecular flexibility index (Phi) is 3.57. The van der Waals surface area contributed by atoms with Crippen molar-refractivity contribution in [3.8, 4) is 6.07 Å². The van der Waals surface area contributed by atoms with Crippen LogP contribution in [0.4, 0.5) is 0 Å². The van der Waals surface area contributed by atoms with E-state index in [0.29, 0.717) is 12.1 Å². The van der Waals surface area contributed by atoms with Crippen molar-refractivity contribution in [1.82, 2.24) is 4.72 Å². The number of benzene rings is 1. The number of sulfonamides is 1. The van der Waals surface area contributed by atoms with Gasteiger partial charge in [-0.15, -0.1) is 0 Å². The minimum absolute atomic E-state index is 0.0281. The first-order valence-electron chi connectivity index (χ1n) is 6.58. The molecule has 1 N–H and O–H groups in total. The van der Waals surface area contributed by atoms with Gasteiger partial charge in [0.05, 0.1) is 16.5 Å². The molecule has 0 spiro atoms. The van der Waals surface area contributed by atoms with Crippen LogP contribution in [0.3, 0.4) is 0 Å². The first-order chi connectivity index (χ1) is 10.1. The van der Waals surface area contributed by atoms with Gasteiger partial charge in [-0.1, -0.05) is 0 Å². The Morgan fingerprint density at radius 1 is 1.24 bits per heavy atom. The third-order valence-electron chi connectivity index (χ3n) is 3.88. The zero-order valence-corrected chi connectivity index (χ0v) is 12.9. The van der Waals surface area contributed by atoms with Crippen molar-refractivity contribution in [3.63, 3.8) is 0 Å². The van der Waals surface area contributed by atoms with Crippen LogP contribution in [0.5, 0.6) is 0 Å². The van der Waals surface area contributed by atoms with E-state index >= 15 is 0 Å². The highest BCUT2D eigenvalue weighted by Gasteiger charge is 2.45. The largest absolute Gasteiger partial charge is 0.240 e. The molecule has 1 aliphatic rings. The maximum Gasteiger partial charge on any atom is 0.240 e. The molecule has 0 saturated heterocycles. The summed E-state index contributed by atoms with van der Waals surface area (Å²) >= 11 is 1.63. The van der Waals surface area contributed by atoms with E-state index in [1.807, 2.05) is 11.4 Å². The zero-order chi connectivity index (χ0) is 14.9. The number of rotatable bonds is 5. The minimum Gasteiger partial charge on any atom is -0.210 e. The highest BCUT2D eigenvalue weighted by atomic mass is 32.2. The summed E-state index contributed by atoms with van der Waals surface area (Å²) in [5.41, 5.74) is 1.64. The molecule has 1 fully saturated rings. The predicted octanol–water partition coefficient (Wildman–Crippen LogP) is 2.63. The third-order valence-corrected chi connectivity index (χ3v) is 5.98. The molecule has 0 amide bonds. The number of hydrogen-bond donors (Lipinski definition) is 1. The first-order valence-corrected chi connectivity index (χ1v) is 9.01. The molecule has 2 aromatic rings. The molecule has 6 heteroatoms. The van der Waals surface area contributed by atoms with Crippen molar-refractivity contribution < 1.29 is 8.42 Å². The normalized spacial score (nSPS) is 16.3. The molecule has 1 aromatic carbocycles. The molecule has 3 rings (SSSR count). The van der Waals surface area contributed by atoms with Crippen molar-refractivity contribution in [3.05, 3.63) is 52.2 Å². The fourth-order valence-electron chi connectivity index (χ4n) is 2.31. The summed E-state index contributed by atoms with van der Waals surface area (Å²) in [7, 11) is -3.53. The van der Waals surface area contributed by atoms with Crippen LogP contribution in [0.2, 0.25) is 0 Å². The van der Waals surface area contributed by atoms with Crippen molar-refractivity contribution in [2.45, 2.75) is 23.2 Å². The number of nitrogens with one attached hydrogen (secondary N) is 1. The summed E-state index contributed by atoms with van der Waals surface area (Å²) in [5.74, 6) is 0. The van der Waals surface area contributed by atoms with E-state index in [1.165, 1.54) is 29.8 Å². The molecule has 0 unspecified atom stereocenters. The van der Waals surface area contributed by atoms with Gasteiger partial charge in [-0.3, -0.25) is 0 Å². The molecule has 0 bridgehead atoms. The van der Waals surface area contributed by atoms with E-state index in [9.17, 15) is 8.42 Å². The number of thiophene rings is 1. The number of nitrogens with zero attached hydrogens (tertiary/aromatic N) is 1. The summed E-state index contributed by atoms with van der Waals surface area (Å²) < 4.78 is 27.3. The second-order valence-corrected chi connectivity index (χ2v) is 7.80. The van der Waals surface area contributed by atoms with E-state index in [-0.39, 0.29) is 10.3 Å². The molecule has 1 heterocycles. The maximum absolute atomic E-state index is 12.3. The van der Waals surface area contributed by atoms with Crippen LogP contribution < -0.4 is 4.72 Å². The molecular formula is C15H14N2O2S2. The fourth-order valence-corrected chi connectivity index (χ4v) is 4.22. The smallest absolute Gasteiger partial charge is 0.210 e. The number of nitriles is 1. The first kappa shape index (κ1) is 14.3. The summed E-state index contributed by atoms with van der Waals surface area (Å²) in [6, 6.07) is 9.99. The third kappa shape index (κ3) is 2.86. The molecule has 1 aliphatic carbocycles. The highest BCUT2D eigenvalue weighted by Crippen LogP contribution is 2.48. The molecule has 108 valence electrons. The summed E-state index contributed by atoms with van der Waals surface area (Å²) in [5, 5.41) is 12.8. The summed E-state index contributed by atoms with van der Waals surface area (Å²) in [4.78, 5) is 0.197. The molecule has 0 aliphatic heterocycles. The van der Waals surface area contributed by atoms with Crippen LogP contribution >= 0.6 is 11.3 Å². The van der Waals surface area contributed by atoms with E-state index in [0.717, 1.165) is 12.8 Å². The lowest BCUT2D eigenvalue weighted by molar-refractivity contribution is 0.567. The highest BCUT2D eigenvalue weighted by molar-refractivity contribution is 7.89. The van der Waals surface area contributed by atoms with Gasteiger partial charge < -0.3 is 0 Å². The second kappa shape index (κ2) is 5.26. The van der Waals surface area contributed by atoms with Gasteiger partial charge >= 0.3 is 0 Å². The van der Waals surface area contributed by atoms with Crippen molar-refractivity contribution in [2.24, 2.45) is 0 Å². The Morgan fingerprint density at radius 2 is 1.95 bits per heavy atom. The molecule has 0 radical (unpaired) electrons. The molecule has 1 aromatic heterocycles. The van der Waals surface area contributed by atoms with Crippen LogP contribution in [0.25, 0.3) is 0 Å². The Labute approximate surface area is 128 Å². The molecule has 21 heavy (non-hydrogen) atoms. The Morgan fingerprint density at radius 3 is 2.48 bits per heavy atom. The Bertz CT molecular complexity index is 768. The van der Waals surface area contributed by atoms with Crippen LogP contribution in [0.15, 0.2) is 46.0 Å². The lowest BCUT2D eigenvalue weighted by atomic mass is 10.0. The summed E-state index contributed by atoms with van der Waals surface area (Å²) in [6.45, 7) is 0.423. The van der Waals surface area contributed by atoms with Crippen molar-refractivity contribution in [1.29, 1.82) is 5.26 Å². The van der Waals surface area contributed by atoms with Gasteiger partial charge in [0.1, 0.15) is 0 Å². The van der Waals surface area contributed by atoms with Gasteiger partial charge in [0, 0.05) is 12.0 Å².